The van der Waals surface area contributed by atoms with Gasteiger partial charge in [0.2, 0.25) is 0 Å². The number of rotatable bonds is 5. The van der Waals surface area contributed by atoms with Gasteiger partial charge in [-0.1, -0.05) is 18.5 Å². The summed E-state index contributed by atoms with van der Waals surface area (Å²) in [6.45, 7) is 2.76. The van der Waals surface area contributed by atoms with Gasteiger partial charge in [0.15, 0.2) is 0 Å². The van der Waals surface area contributed by atoms with Gasteiger partial charge in [-0.25, -0.2) is 4.98 Å². The van der Waals surface area contributed by atoms with Gasteiger partial charge in [-0.05, 0) is 24.6 Å². The van der Waals surface area contributed by atoms with Crippen LogP contribution in [0.1, 0.15) is 25.2 Å². The normalized spacial score (nSPS) is 13.1. The van der Waals surface area contributed by atoms with E-state index in [1.807, 2.05) is 18.2 Å². The number of benzene rings is 1. The molecule has 0 bridgehead atoms. The van der Waals surface area contributed by atoms with E-state index in [4.69, 9.17) is 27.9 Å². The second kappa shape index (κ2) is 5.91. The molecule has 0 saturated heterocycles. The molecule has 1 unspecified atom stereocenters. The van der Waals surface area contributed by atoms with Gasteiger partial charge in [0, 0.05) is 12.1 Å². The van der Waals surface area contributed by atoms with Crippen LogP contribution in [0.15, 0.2) is 18.2 Å². The Morgan fingerprint density at radius 2 is 2.22 bits per heavy atom. The highest BCUT2D eigenvalue weighted by Gasteiger charge is 2.17. The molecule has 0 aliphatic carbocycles. The SMILES string of the molecule is CCC(COC)n1c(CCl)nc2ccc(Cl)cc21. The summed E-state index contributed by atoms with van der Waals surface area (Å²) in [5.41, 5.74) is 1.94. The Balaban J connectivity index is 2.60. The molecule has 5 heteroatoms. The third kappa shape index (κ3) is 2.48. The maximum absolute atomic E-state index is 6.06. The van der Waals surface area contributed by atoms with E-state index in [0.717, 1.165) is 23.3 Å². The van der Waals surface area contributed by atoms with Gasteiger partial charge in [0.1, 0.15) is 5.82 Å². The third-order valence-electron chi connectivity index (χ3n) is 3.04. The number of halogens is 2. The van der Waals surface area contributed by atoms with Crippen molar-refractivity contribution in [3.63, 3.8) is 0 Å². The van der Waals surface area contributed by atoms with Crippen LogP contribution in [0.4, 0.5) is 0 Å². The van der Waals surface area contributed by atoms with E-state index in [1.54, 1.807) is 7.11 Å². The molecule has 2 rings (SSSR count). The average molecular weight is 287 g/mol. The molecule has 1 atom stereocenters. The average Bonchev–Trinajstić information content (AvgIpc) is 2.73. The van der Waals surface area contributed by atoms with Crippen molar-refractivity contribution in [3.05, 3.63) is 29.0 Å². The largest absolute Gasteiger partial charge is 0.383 e. The smallest absolute Gasteiger partial charge is 0.125 e. The summed E-state index contributed by atoms with van der Waals surface area (Å²) >= 11 is 12.1. The lowest BCUT2D eigenvalue weighted by Gasteiger charge is -2.19. The van der Waals surface area contributed by atoms with Gasteiger partial charge >= 0.3 is 0 Å². The van der Waals surface area contributed by atoms with Crippen LogP contribution in [0.3, 0.4) is 0 Å². The summed E-state index contributed by atoms with van der Waals surface area (Å²) in [5, 5.41) is 0.706. The first-order chi connectivity index (χ1) is 8.71. The van der Waals surface area contributed by atoms with Gasteiger partial charge in [-0.15, -0.1) is 11.6 Å². The fourth-order valence-corrected chi connectivity index (χ4v) is 2.54. The Morgan fingerprint density at radius 1 is 1.44 bits per heavy atom. The molecule has 0 saturated carbocycles. The topological polar surface area (TPSA) is 27.1 Å². The molecule has 3 nitrogen and oxygen atoms in total. The fourth-order valence-electron chi connectivity index (χ4n) is 2.19. The highest BCUT2D eigenvalue weighted by molar-refractivity contribution is 6.31. The quantitative estimate of drug-likeness (QED) is 0.776. The fraction of sp³-hybridized carbons (Fsp3) is 0.462. The molecular formula is C13H16Cl2N2O. The van der Waals surface area contributed by atoms with Gasteiger partial charge in [-0.3, -0.25) is 0 Å². The van der Waals surface area contributed by atoms with Crippen LogP contribution in [0.25, 0.3) is 11.0 Å². The summed E-state index contributed by atoms with van der Waals surface area (Å²) in [4.78, 5) is 4.54. The zero-order chi connectivity index (χ0) is 13.1. The van der Waals surface area contributed by atoms with Gasteiger partial charge in [0.25, 0.3) is 0 Å². The summed E-state index contributed by atoms with van der Waals surface area (Å²) < 4.78 is 7.41. The zero-order valence-electron chi connectivity index (χ0n) is 10.5. The molecule has 98 valence electrons. The summed E-state index contributed by atoms with van der Waals surface area (Å²) in [5.74, 6) is 1.24. The highest BCUT2D eigenvalue weighted by atomic mass is 35.5. The van der Waals surface area contributed by atoms with Crippen LogP contribution >= 0.6 is 23.2 Å². The van der Waals surface area contributed by atoms with E-state index in [0.29, 0.717) is 17.5 Å². The molecule has 2 aromatic rings. The van der Waals surface area contributed by atoms with E-state index in [1.165, 1.54) is 0 Å². The van der Waals surface area contributed by atoms with Crippen molar-refractivity contribution in [2.45, 2.75) is 25.3 Å². The van der Waals surface area contributed by atoms with Crippen molar-refractivity contribution in [3.8, 4) is 0 Å². The monoisotopic (exact) mass is 286 g/mol. The molecule has 1 heterocycles. The number of ether oxygens (including phenoxy) is 1. The first kappa shape index (κ1) is 13.7. The summed E-state index contributed by atoms with van der Waals surface area (Å²) in [7, 11) is 1.70. The number of hydrogen-bond acceptors (Lipinski definition) is 2. The molecular weight excluding hydrogens is 271 g/mol. The van der Waals surface area contributed by atoms with E-state index in [9.17, 15) is 0 Å². The molecule has 0 aliphatic heterocycles. The Kier molecular flexibility index (Phi) is 4.49. The van der Waals surface area contributed by atoms with Crippen LogP contribution in [0.5, 0.6) is 0 Å². The second-order valence-electron chi connectivity index (χ2n) is 4.18. The number of hydrogen-bond donors (Lipinski definition) is 0. The standard InChI is InChI=1S/C13H16Cl2N2O/c1-3-10(8-18-2)17-12-6-9(15)4-5-11(12)16-13(17)7-14/h4-6,10H,3,7-8H2,1-2H3. The van der Waals surface area contributed by atoms with Crippen molar-refractivity contribution < 1.29 is 4.74 Å². The molecule has 0 aliphatic rings. The minimum atomic E-state index is 0.229. The first-order valence-corrected chi connectivity index (χ1v) is 6.83. The van der Waals surface area contributed by atoms with Crippen molar-refractivity contribution in [2.75, 3.05) is 13.7 Å². The number of imidazole rings is 1. The number of methoxy groups -OCH3 is 1. The third-order valence-corrected chi connectivity index (χ3v) is 3.51. The zero-order valence-corrected chi connectivity index (χ0v) is 12.0. The van der Waals surface area contributed by atoms with E-state index in [-0.39, 0.29) is 6.04 Å². The minimum absolute atomic E-state index is 0.229. The Bertz CT molecular complexity index is 539. The predicted molar refractivity (Wildman–Crippen MR) is 75.5 cm³/mol. The molecule has 0 N–H and O–H groups in total. The maximum Gasteiger partial charge on any atom is 0.125 e. The van der Waals surface area contributed by atoms with Gasteiger partial charge in [0.05, 0.1) is 29.6 Å². The number of alkyl halides is 1. The first-order valence-electron chi connectivity index (χ1n) is 5.92. The molecule has 1 aromatic carbocycles. The van der Waals surface area contributed by atoms with Crippen LogP contribution in [0, 0.1) is 0 Å². The van der Waals surface area contributed by atoms with Crippen LogP contribution in [0.2, 0.25) is 5.02 Å². The second-order valence-corrected chi connectivity index (χ2v) is 4.89. The van der Waals surface area contributed by atoms with E-state index < -0.39 is 0 Å². The lowest BCUT2D eigenvalue weighted by Crippen LogP contribution is -2.16. The number of aromatic nitrogens is 2. The van der Waals surface area contributed by atoms with Gasteiger partial charge < -0.3 is 9.30 Å². The van der Waals surface area contributed by atoms with Crippen molar-refractivity contribution in [1.82, 2.24) is 9.55 Å². The van der Waals surface area contributed by atoms with Crippen molar-refractivity contribution in [1.29, 1.82) is 0 Å². The van der Waals surface area contributed by atoms with Gasteiger partial charge in [-0.2, -0.15) is 0 Å². The lowest BCUT2D eigenvalue weighted by molar-refractivity contribution is 0.154. The molecule has 0 fully saturated rings. The Morgan fingerprint density at radius 3 is 2.83 bits per heavy atom. The Labute approximate surface area is 117 Å². The maximum atomic E-state index is 6.06. The van der Waals surface area contributed by atoms with Crippen molar-refractivity contribution >= 4 is 34.2 Å². The predicted octanol–water partition coefficient (Wildman–Crippen LogP) is 4.03. The molecule has 0 spiro atoms. The number of fused-ring (bicyclic) bond motifs is 1. The van der Waals surface area contributed by atoms with Crippen LogP contribution in [-0.4, -0.2) is 23.3 Å². The minimum Gasteiger partial charge on any atom is -0.383 e. The molecule has 18 heavy (non-hydrogen) atoms. The van der Waals surface area contributed by atoms with E-state index >= 15 is 0 Å². The Hall–Kier alpha value is -0.770. The highest BCUT2D eigenvalue weighted by Crippen LogP contribution is 2.26. The summed E-state index contributed by atoms with van der Waals surface area (Å²) in [6.07, 6.45) is 0.954. The van der Waals surface area contributed by atoms with Crippen LogP contribution in [-0.2, 0) is 10.6 Å². The number of nitrogens with zero attached hydrogens (tertiary/aromatic N) is 2. The van der Waals surface area contributed by atoms with Crippen LogP contribution < -0.4 is 0 Å². The van der Waals surface area contributed by atoms with E-state index in [2.05, 4.69) is 16.5 Å². The molecule has 1 aromatic heterocycles. The lowest BCUT2D eigenvalue weighted by atomic mass is 10.2. The summed E-state index contributed by atoms with van der Waals surface area (Å²) in [6, 6.07) is 5.92. The molecule has 0 amide bonds. The van der Waals surface area contributed by atoms with Crippen molar-refractivity contribution in [2.24, 2.45) is 0 Å². The molecule has 0 radical (unpaired) electrons.